The number of esters is 1. The van der Waals surface area contributed by atoms with Crippen molar-refractivity contribution in [3.63, 3.8) is 0 Å². The minimum atomic E-state index is -0.322. The van der Waals surface area contributed by atoms with Crippen molar-refractivity contribution in [1.29, 1.82) is 0 Å². The smallest absolute Gasteiger partial charge is 0.311 e. The Kier molecular flexibility index (Phi) is 7.51. The molecule has 0 atom stereocenters. The van der Waals surface area contributed by atoms with Crippen LogP contribution in [-0.2, 0) is 14.3 Å². The first-order chi connectivity index (χ1) is 14.6. The predicted molar refractivity (Wildman–Crippen MR) is 121 cm³/mol. The van der Waals surface area contributed by atoms with Crippen molar-refractivity contribution in [1.82, 2.24) is 0 Å². The lowest BCUT2D eigenvalue weighted by Crippen LogP contribution is -2.15. The van der Waals surface area contributed by atoms with E-state index in [1.807, 2.05) is 24.3 Å². The summed E-state index contributed by atoms with van der Waals surface area (Å²) in [4.78, 5) is 28.9. The molecule has 1 amide bonds. The summed E-state index contributed by atoms with van der Waals surface area (Å²) in [5.41, 5.74) is 2.90. The highest BCUT2D eigenvalue weighted by molar-refractivity contribution is 8.14. The van der Waals surface area contributed by atoms with Crippen LogP contribution < -0.4 is 15.4 Å². The minimum Gasteiger partial charge on any atom is -0.497 e. The van der Waals surface area contributed by atoms with Crippen LogP contribution in [0.1, 0.15) is 13.3 Å². The quantitative estimate of drug-likeness (QED) is 0.641. The fourth-order valence-electron chi connectivity index (χ4n) is 2.73. The molecule has 2 aromatic rings. The number of hydrogen-bond acceptors (Lipinski definition) is 7. The van der Waals surface area contributed by atoms with E-state index in [-0.39, 0.29) is 24.1 Å². The molecule has 0 radical (unpaired) electrons. The van der Waals surface area contributed by atoms with Gasteiger partial charge in [0.05, 0.1) is 42.3 Å². The number of fused-ring (bicyclic) bond motifs is 1. The Balaban J connectivity index is 1.68. The summed E-state index contributed by atoms with van der Waals surface area (Å²) in [5.74, 6) is 0.424. The van der Waals surface area contributed by atoms with Gasteiger partial charge < -0.3 is 20.1 Å². The zero-order chi connectivity index (χ0) is 21.3. The van der Waals surface area contributed by atoms with Crippen LogP contribution in [0, 0.1) is 0 Å². The van der Waals surface area contributed by atoms with Gasteiger partial charge in [-0.1, -0.05) is 23.9 Å². The van der Waals surface area contributed by atoms with Crippen molar-refractivity contribution in [2.24, 2.45) is 4.99 Å². The van der Waals surface area contributed by atoms with Gasteiger partial charge in [0.25, 0.3) is 0 Å². The Morgan fingerprint density at radius 2 is 1.90 bits per heavy atom. The minimum absolute atomic E-state index is 0.0970. The molecule has 0 aromatic heterocycles. The number of benzene rings is 2. The molecule has 0 aliphatic carbocycles. The maximum atomic E-state index is 12.4. The van der Waals surface area contributed by atoms with E-state index in [1.54, 1.807) is 44.4 Å². The maximum absolute atomic E-state index is 12.4. The number of para-hydroxylation sites is 2. The van der Waals surface area contributed by atoms with Crippen molar-refractivity contribution >= 4 is 45.7 Å². The molecule has 8 heteroatoms. The van der Waals surface area contributed by atoms with Crippen molar-refractivity contribution in [2.75, 3.05) is 30.1 Å². The maximum Gasteiger partial charge on any atom is 0.311 e. The van der Waals surface area contributed by atoms with E-state index in [0.717, 1.165) is 17.1 Å². The summed E-state index contributed by atoms with van der Waals surface area (Å²) in [6, 6.07) is 14.7. The van der Waals surface area contributed by atoms with Gasteiger partial charge in [-0.2, -0.15) is 0 Å². The van der Waals surface area contributed by atoms with Gasteiger partial charge in [-0.3, -0.25) is 9.59 Å². The molecule has 2 aromatic carbocycles. The van der Waals surface area contributed by atoms with Crippen molar-refractivity contribution in [3.05, 3.63) is 60.3 Å². The average molecular weight is 426 g/mol. The van der Waals surface area contributed by atoms with Gasteiger partial charge in [0.1, 0.15) is 5.75 Å². The second kappa shape index (κ2) is 10.5. The van der Waals surface area contributed by atoms with Crippen LogP contribution in [0.2, 0.25) is 0 Å². The zero-order valence-electron chi connectivity index (χ0n) is 16.8. The fraction of sp³-hybridized carbons (Fsp3) is 0.227. The third-order valence-electron chi connectivity index (χ3n) is 4.09. The van der Waals surface area contributed by atoms with E-state index in [4.69, 9.17) is 9.47 Å². The number of amides is 1. The first kappa shape index (κ1) is 21.4. The summed E-state index contributed by atoms with van der Waals surface area (Å²) in [7, 11) is 1.59. The van der Waals surface area contributed by atoms with E-state index in [1.165, 1.54) is 11.8 Å². The van der Waals surface area contributed by atoms with Crippen LogP contribution in [0.15, 0.2) is 65.3 Å². The van der Waals surface area contributed by atoms with Crippen LogP contribution in [0.25, 0.3) is 0 Å². The Bertz CT molecular complexity index is 971. The van der Waals surface area contributed by atoms with Gasteiger partial charge in [0.15, 0.2) is 0 Å². The topological polar surface area (TPSA) is 89.0 Å². The lowest BCUT2D eigenvalue weighted by molar-refractivity contribution is -0.142. The number of carbonyl (C=O) groups excluding carboxylic acids is 2. The number of ether oxygens (including phenoxy) is 2. The highest BCUT2D eigenvalue weighted by Crippen LogP contribution is 2.31. The Morgan fingerprint density at radius 3 is 2.63 bits per heavy atom. The van der Waals surface area contributed by atoms with Crippen LogP contribution in [-0.4, -0.2) is 36.4 Å². The summed E-state index contributed by atoms with van der Waals surface area (Å²) in [6.07, 6.45) is 1.88. The van der Waals surface area contributed by atoms with Crippen molar-refractivity contribution in [2.45, 2.75) is 13.3 Å². The lowest BCUT2D eigenvalue weighted by Gasteiger charge is -2.10. The number of nitrogens with one attached hydrogen (secondary N) is 2. The van der Waals surface area contributed by atoms with Gasteiger partial charge >= 0.3 is 5.97 Å². The number of hydrogen-bond donors (Lipinski definition) is 2. The van der Waals surface area contributed by atoms with E-state index in [9.17, 15) is 9.59 Å². The number of carbonyl (C=O) groups is 2. The van der Waals surface area contributed by atoms with Crippen LogP contribution in [0.3, 0.4) is 0 Å². The monoisotopic (exact) mass is 425 g/mol. The zero-order valence-corrected chi connectivity index (χ0v) is 17.6. The molecule has 1 heterocycles. The largest absolute Gasteiger partial charge is 0.497 e. The standard InChI is InChI=1S/C22H23N3O4S/c1-3-29-22(27)13-16-12-21(25-19-7-5-4-6-18(19)23-16)30-14-20(26)24-15-8-10-17(28-2)11-9-15/h4-12,23H,3,13-14H2,1-2H3,(H,24,26). The van der Waals surface area contributed by atoms with Crippen LogP contribution >= 0.6 is 11.8 Å². The molecule has 0 spiro atoms. The molecule has 1 aliphatic rings. The van der Waals surface area contributed by atoms with E-state index < -0.39 is 0 Å². The SMILES string of the molecule is CCOC(=O)CC1=CC(SCC(=O)Nc2ccc(OC)cc2)=Nc2ccccc2N1. The molecular weight excluding hydrogens is 402 g/mol. The number of methoxy groups -OCH3 is 1. The molecule has 2 N–H and O–H groups in total. The fourth-order valence-corrected chi connectivity index (χ4v) is 3.47. The third kappa shape index (κ3) is 6.12. The molecule has 30 heavy (non-hydrogen) atoms. The average Bonchev–Trinajstić information content (AvgIpc) is 2.91. The Morgan fingerprint density at radius 1 is 1.13 bits per heavy atom. The first-order valence-electron chi connectivity index (χ1n) is 9.45. The first-order valence-corrected chi connectivity index (χ1v) is 10.4. The van der Waals surface area contributed by atoms with Crippen LogP contribution in [0.4, 0.5) is 17.1 Å². The summed E-state index contributed by atoms with van der Waals surface area (Å²) < 4.78 is 10.2. The van der Waals surface area contributed by atoms with Crippen molar-refractivity contribution < 1.29 is 19.1 Å². The summed E-state index contributed by atoms with van der Waals surface area (Å²) in [5, 5.41) is 6.72. The van der Waals surface area contributed by atoms with Gasteiger partial charge in [-0.25, -0.2) is 4.99 Å². The van der Waals surface area contributed by atoms with E-state index in [0.29, 0.717) is 23.0 Å². The number of rotatable bonds is 7. The Hall–Kier alpha value is -3.26. The number of thioether (sulfide) groups is 1. The number of nitrogens with zero attached hydrogens (tertiary/aromatic N) is 1. The molecule has 0 bridgehead atoms. The van der Waals surface area contributed by atoms with Crippen molar-refractivity contribution in [3.8, 4) is 5.75 Å². The molecule has 7 nitrogen and oxygen atoms in total. The Labute approximate surface area is 179 Å². The van der Waals surface area contributed by atoms with E-state index >= 15 is 0 Å². The summed E-state index contributed by atoms with van der Waals surface area (Å²) >= 11 is 1.30. The second-order valence-corrected chi connectivity index (χ2v) is 7.30. The molecule has 0 saturated heterocycles. The second-order valence-electron chi connectivity index (χ2n) is 6.31. The van der Waals surface area contributed by atoms with Gasteiger partial charge in [-0.05, 0) is 49.4 Å². The molecule has 0 saturated carbocycles. The molecule has 0 unspecified atom stereocenters. The molecule has 3 rings (SSSR count). The molecule has 156 valence electrons. The highest BCUT2D eigenvalue weighted by Gasteiger charge is 2.15. The highest BCUT2D eigenvalue weighted by atomic mass is 32.2. The third-order valence-corrected chi connectivity index (χ3v) is 5.00. The van der Waals surface area contributed by atoms with E-state index in [2.05, 4.69) is 15.6 Å². The normalized spacial score (nSPS) is 12.5. The molecule has 1 aliphatic heterocycles. The lowest BCUT2D eigenvalue weighted by atomic mass is 10.2. The summed E-state index contributed by atoms with van der Waals surface area (Å²) in [6.45, 7) is 2.09. The van der Waals surface area contributed by atoms with Crippen LogP contribution in [0.5, 0.6) is 5.75 Å². The predicted octanol–water partition coefficient (Wildman–Crippen LogP) is 4.36. The molecular formula is C22H23N3O4S. The van der Waals surface area contributed by atoms with Gasteiger partial charge in [-0.15, -0.1) is 0 Å². The number of anilines is 2. The van der Waals surface area contributed by atoms with Gasteiger partial charge in [0, 0.05) is 11.4 Å². The van der Waals surface area contributed by atoms with Gasteiger partial charge in [0.2, 0.25) is 5.91 Å². The number of aliphatic imine (C=N–C) groups is 1. The molecule has 0 fully saturated rings.